The van der Waals surface area contributed by atoms with E-state index in [0.717, 1.165) is 5.52 Å². The van der Waals surface area contributed by atoms with Gasteiger partial charge in [0.15, 0.2) is 17.3 Å². The Balaban J connectivity index is 1.32. The Bertz CT molecular complexity index is 1340. The number of halogens is 2. The van der Waals surface area contributed by atoms with E-state index in [2.05, 4.69) is 4.98 Å². The third kappa shape index (κ3) is 4.26. The van der Waals surface area contributed by atoms with Crippen LogP contribution in [-0.2, 0) is 0 Å². The van der Waals surface area contributed by atoms with Crippen LogP contribution in [0.2, 0.25) is 5.02 Å². The SMILES string of the molecule is O=C(c1ccc(F)cc1)c1ccccc1C(=O)N1CCC(c2nc3cc(Cl)ccc3o2)CC1. The summed E-state index contributed by atoms with van der Waals surface area (Å²) >= 11 is 6.04. The first-order valence-electron chi connectivity index (χ1n) is 10.7. The Kier molecular flexibility index (Phi) is 5.68. The lowest BCUT2D eigenvalue weighted by molar-refractivity contribution is 0.0703. The normalized spacial score (nSPS) is 14.5. The van der Waals surface area contributed by atoms with Crippen molar-refractivity contribution in [1.82, 2.24) is 9.88 Å². The first-order valence-corrected chi connectivity index (χ1v) is 11.1. The van der Waals surface area contributed by atoms with E-state index < -0.39 is 5.82 Å². The zero-order chi connectivity index (χ0) is 22.9. The van der Waals surface area contributed by atoms with Gasteiger partial charge in [-0.1, -0.05) is 29.8 Å². The molecule has 0 bridgehead atoms. The van der Waals surface area contributed by atoms with Gasteiger partial charge >= 0.3 is 0 Å². The molecule has 0 radical (unpaired) electrons. The maximum atomic E-state index is 13.3. The molecule has 0 unspecified atom stereocenters. The molecule has 33 heavy (non-hydrogen) atoms. The quantitative estimate of drug-likeness (QED) is 0.356. The van der Waals surface area contributed by atoms with Gasteiger partial charge in [0.05, 0.1) is 5.56 Å². The van der Waals surface area contributed by atoms with Crippen molar-refractivity contribution in [1.29, 1.82) is 0 Å². The number of ketones is 1. The van der Waals surface area contributed by atoms with Gasteiger partial charge in [0.25, 0.3) is 5.91 Å². The van der Waals surface area contributed by atoms with Crippen molar-refractivity contribution < 1.29 is 18.4 Å². The van der Waals surface area contributed by atoms with Gasteiger partial charge in [-0.05, 0) is 61.4 Å². The van der Waals surface area contributed by atoms with Crippen molar-refractivity contribution in [2.24, 2.45) is 0 Å². The first kappa shape index (κ1) is 21.3. The Hall–Kier alpha value is -3.51. The molecule has 4 aromatic rings. The van der Waals surface area contributed by atoms with Crippen LogP contribution < -0.4 is 0 Å². The van der Waals surface area contributed by atoms with E-state index in [1.54, 1.807) is 41.3 Å². The predicted molar refractivity (Wildman–Crippen MR) is 123 cm³/mol. The third-order valence-electron chi connectivity index (χ3n) is 6.01. The number of carbonyl (C=O) groups excluding carboxylic acids is 2. The summed E-state index contributed by atoms with van der Waals surface area (Å²) in [5, 5.41) is 0.608. The standard InChI is InChI=1S/C26H20ClFN2O3/c27-18-7-10-23-22(15-18)29-25(33-23)17-11-13-30(14-12-17)26(32)21-4-2-1-3-20(21)24(31)16-5-8-19(28)9-6-16/h1-10,15,17H,11-14H2. The summed E-state index contributed by atoms with van der Waals surface area (Å²) in [5.74, 6) is -0.147. The lowest BCUT2D eigenvalue weighted by Gasteiger charge is -2.31. The van der Waals surface area contributed by atoms with Crippen molar-refractivity contribution in [3.63, 3.8) is 0 Å². The Morgan fingerprint density at radius 3 is 2.39 bits per heavy atom. The van der Waals surface area contributed by atoms with Crippen molar-refractivity contribution >= 4 is 34.4 Å². The number of amides is 1. The molecule has 1 saturated heterocycles. The second-order valence-corrected chi connectivity index (χ2v) is 8.55. The predicted octanol–water partition coefficient (Wildman–Crippen LogP) is 5.87. The molecule has 166 valence electrons. The highest BCUT2D eigenvalue weighted by Crippen LogP contribution is 2.31. The van der Waals surface area contributed by atoms with Crippen molar-refractivity contribution in [3.8, 4) is 0 Å². The molecule has 1 aliphatic heterocycles. The van der Waals surface area contributed by atoms with Crippen molar-refractivity contribution in [2.45, 2.75) is 18.8 Å². The molecule has 0 atom stereocenters. The number of benzene rings is 3. The van der Waals surface area contributed by atoms with Crippen molar-refractivity contribution in [2.75, 3.05) is 13.1 Å². The maximum Gasteiger partial charge on any atom is 0.254 e. The number of oxazole rings is 1. The number of aromatic nitrogens is 1. The van der Waals surface area contributed by atoms with E-state index in [9.17, 15) is 14.0 Å². The highest BCUT2D eigenvalue weighted by molar-refractivity contribution is 6.31. The molecule has 1 fully saturated rings. The molecule has 0 saturated carbocycles. The van der Waals surface area contributed by atoms with Gasteiger partial charge < -0.3 is 9.32 Å². The van der Waals surface area contributed by atoms with Crippen LogP contribution in [0.5, 0.6) is 0 Å². The molecular weight excluding hydrogens is 443 g/mol. The lowest BCUT2D eigenvalue weighted by Crippen LogP contribution is -2.38. The van der Waals surface area contributed by atoms with E-state index in [4.69, 9.17) is 16.0 Å². The molecule has 7 heteroatoms. The summed E-state index contributed by atoms with van der Waals surface area (Å²) in [6.07, 6.45) is 1.42. The maximum absolute atomic E-state index is 13.3. The number of likely N-dealkylation sites (tertiary alicyclic amines) is 1. The average molecular weight is 463 g/mol. The van der Waals surface area contributed by atoms with Gasteiger partial charge in [-0.2, -0.15) is 0 Å². The van der Waals surface area contributed by atoms with E-state index >= 15 is 0 Å². The Labute approximate surface area is 194 Å². The zero-order valence-electron chi connectivity index (χ0n) is 17.6. The number of piperidine rings is 1. The number of nitrogens with zero attached hydrogens (tertiary/aromatic N) is 2. The summed E-state index contributed by atoms with van der Waals surface area (Å²) in [5.41, 5.74) is 2.42. The third-order valence-corrected chi connectivity index (χ3v) is 6.24. The van der Waals surface area contributed by atoms with Crippen molar-refractivity contribution in [3.05, 3.63) is 100 Å². The molecule has 1 aliphatic rings. The summed E-state index contributed by atoms with van der Waals surface area (Å²) in [7, 11) is 0. The van der Waals surface area contributed by atoms with Crippen LogP contribution in [-0.4, -0.2) is 34.7 Å². The fraction of sp³-hybridized carbons (Fsp3) is 0.192. The van der Waals surface area contributed by atoms with Gasteiger partial charge in [0.2, 0.25) is 0 Å². The molecule has 0 spiro atoms. The molecule has 0 N–H and O–H groups in total. The second-order valence-electron chi connectivity index (χ2n) is 8.11. The summed E-state index contributed by atoms with van der Waals surface area (Å²) in [6, 6.07) is 17.4. The summed E-state index contributed by atoms with van der Waals surface area (Å²) < 4.78 is 19.2. The molecule has 1 amide bonds. The van der Waals surface area contributed by atoms with Crippen LogP contribution in [0.4, 0.5) is 4.39 Å². The van der Waals surface area contributed by atoms with Crippen LogP contribution in [0.25, 0.3) is 11.1 Å². The minimum Gasteiger partial charge on any atom is -0.440 e. The number of rotatable bonds is 4. The van der Waals surface area contributed by atoms with Gasteiger partial charge in [-0.15, -0.1) is 0 Å². The second kappa shape index (κ2) is 8.79. The largest absolute Gasteiger partial charge is 0.440 e. The fourth-order valence-corrected chi connectivity index (χ4v) is 4.38. The Morgan fingerprint density at radius 2 is 1.67 bits per heavy atom. The van der Waals surface area contributed by atoms with Crippen LogP contribution in [0, 0.1) is 5.82 Å². The zero-order valence-corrected chi connectivity index (χ0v) is 18.4. The van der Waals surface area contributed by atoms with Gasteiger partial charge in [-0.3, -0.25) is 9.59 Å². The smallest absolute Gasteiger partial charge is 0.254 e. The highest BCUT2D eigenvalue weighted by Gasteiger charge is 2.29. The monoisotopic (exact) mass is 462 g/mol. The Morgan fingerprint density at radius 1 is 0.970 bits per heavy atom. The summed E-state index contributed by atoms with van der Waals surface area (Å²) in [6.45, 7) is 1.06. The number of hydrogen-bond acceptors (Lipinski definition) is 4. The van der Waals surface area contributed by atoms with Crippen LogP contribution in [0.3, 0.4) is 0 Å². The number of fused-ring (bicyclic) bond motifs is 1. The average Bonchev–Trinajstić information content (AvgIpc) is 3.27. The molecule has 5 rings (SSSR count). The fourth-order valence-electron chi connectivity index (χ4n) is 4.22. The van der Waals surface area contributed by atoms with E-state index in [-0.39, 0.29) is 17.6 Å². The van der Waals surface area contributed by atoms with Gasteiger partial charge in [0.1, 0.15) is 11.3 Å². The molecule has 3 aromatic carbocycles. The van der Waals surface area contributed by atoms with E-state index in [1.165, 1.54) is 24.3 Å². The minimum atomic E-state index is -0.416. The first-order chi connectivity index (χ1) is 16.0. The number of hydrogen-bond donors (Lipinski definition) is 0. The van der Waals surface area contributed by atoms with E-state index in [1.807, 2.05) is 6.07 Å². The minimum absolute atomic E-state index is 0.108. The summed E-state index contributed by atoms with van der Waals surface area (Å²) in [4.78, 5) is 32.6. The van der Waals surface area contributed by atoms with E-state index in [0.29, 0.717) is 59.1 Å². The molecule has 5 nitrogen and oxygen atoms in total. The lowest BCUT2D eigenvalue weighted by atomic mass is 9.94. The topological polar surface area (TPSA) is 63.4 Å². The highest BCUT2D eigenvalue weighted by atomic mass is 35.5. The van der Waals surface area contributed by atoms with Crippen LogP contribution >= 0.6 is 11.6 Å². The number of carbonyl (C=O) groups is 2. The van der Waals surface area contributed by atoms with Gasteiger partial charge in [0, 0.05) is 35.2 Å². The van der Waals surface area contributed by atoms with Crippen LogP contribution in [0.15, 0.2) is 71.1 Å². The van der Waals surface area contributed by atoms with Gasteiger partial charge in [-0.25, -0.2) is 9.37 Å². The molecular formula is C26H20ClFN2O3. The molecule has 0 aliphatic carbocycles. The van der Waals surface area contributed by atoms with Crippen LogP contribution in [0.1, 0.15) is 50.9 Å². The molecule has 1 aromatic heterocycles. The molecule has 2 heterocycles.